The molecule has 0 bridgehead atoms. The van der Waals surface area contributed by atoms with Crippen molar-refractivity contribution in [2.24, 2.45) is 0 Å². The molecule has 0 unspecified atom stereocenters. The second-order valence-corrected chi connectivity index (χ2v) is 4.28. The quantitative estimate of drug-likeness (QED) is 0.522. The molecule has 4 heteroatoms. The summed E-state index contributed by atoms with van der Waals surface area (Å²) in [4.78, 5) is 11.2. The van der Waals surface area contributed by atoms with Crippen LogP contribution in [0.15, 0.2) is 12.7 Å². The predicted octanol–water partition coefficient (Wildman–Crippen LogP) is 1.68. The molecule has 0 saturated carbocycles. The minimum atomic E-state index is -0.425. The summed E-state index contributed by atoms with van der Waals surface area (Å²) in [5.41, 5.74) is -0.425. The van der Waals surface area contributed by atoms with Gasteiger partial charge < -0.3 is 15.4 Å². The fourth-order valence-corrected chi connectivity index (χ4v) is 0.922. The van der Waals surface area contributed by atoms with Crippen LogP contribution in [0.5, 0.6) is 0 Å². The van der Waals surface area contributed by atoms with Gasteiger partial charge in [-0.15, -0.1) is 6.58 Å². The van der Waals surface area contributed by atoms with Crippen molar-refractivity contribution in [3.63, 3.8) is 0 Å². The van der Waals surface area contributed by atoms with E-state index in [0.29, 0.717) is 6.54 Å². The van der Waals surface area contributed by atoms with Gasteiger partial charge in [-0.1, -0.05) is 6.08 Å². The molecule has 0 aliphatic carbocycles. The number of ether oxygens (including phenoxy) is 1. The largest absolute Gasteiger partial charge is 0.444 e. The molecule has 0 heterocycles. The minimum absolute atomic E-state index is 0.355. The lowest BCUT2D eigenvalue weighted by Gasteiger charge is -2.19. The van der Waals surface area contributed by atoms with Crippen LogP contribution in [0.25, 0.3) is 0 Å². The smallest absolute Gasteiger partial charge is 0.407 e. The lowest BCUT2D eigenvalue weighted by Crippen LogP contribution is -2.33. The van der Waals surface area contributed by atoms with Gasteiger partial charge in [0, 0.05) is 13.1 Å². The third-order valence-electron chi connectivity index (χ3n) is 1.49. The molecule has 0 aromatic carbocycles. The summed E-state index contributed by atoms with van der Waals surface area (Å²) < 4.78 is 5.08. The van der Waals surface area contributed by atoms with E-state index in [1.165, 1.54) is 0 Å². The number of amides is 1. The van der Waals surface area contributed by atoms with Crippen molar-refractivity contribution < 1.29 is 9.53 Å². The molecule has 1 amide bonds. The Morgan fingerprint density at radius 2 is 2.07 bits per heavy atom. The molecule has 0 rings (SSSR count). The van der Waals surface area contributed by atoms with E-state index in [-0.39, 0.29) is 6.09 Å². The zero-order valence-electron chi connectivity index (χ0n) is 9.93. The van der Waals surface area contributed by atoms with Crippen LogP contribution in [0.4, 0.5) is 4.79 Å². The molecule has 0 saturated heterocycles. The number of rotatable bonds is 6. The van der Waals surface area contributed by atoms with Crippen LogP contribution in [-0.2, 0) is 4.74 Å². The topological polar surface area (TPSA) is 50.4 Å². The van der Waals surface area contributed by atoms with Crippen molar-refractivity contribution in [1.82, 2.24) is 10.6 Å². The highest BCUT2D eigenvalue weighted by atomic mass is 16.6. The predicted molar refractivity (Wildman–Crippen MR) is 61.9 cm³/mol. The van der Waals surface area contributed by atoms with Crippen LogP contribution in [-0.4, -0.2) is 31.3 Å². The normalized spacial score (nSPS) is 10.9. The summed E-state index contributed by atoms with van der Waals surface area (Å²) in [7, 11) is 0. The van der Waals surface area contributed by atoms with E-state index in [1.807, 2.05) is 20.8 Å². The van der Waals surface area contributed by atoms with Crippen LogP contribution >= 0.6 is 0 Å². The summed E-state index contributed by atoms with van der Waals surface area (Å²) in [6.07, 6.45) is 2.33. The first-order valence-electron chi connectivity index (χ1n) is 5.24. The van der Waals surface area contributed by atoms with Crippen molar-refractivity contribution in [2.45, 2.75) is 32.8 Å². The second kappa shape index (κ2) is 7.29. The first kappa shape index (κ1) is 14.0. The highest BCUT2D eigenvalue weighted by molar-refractivity contribution is 5.67. The van der Waals surface area contributed by atoms with E-state index in [2.05, 4.69) is 17.2 Å². The van der Waals surface area contributed by atoms with Gasteiger partial charge in [-0.25, -0.2) is 4.79 Å². The Kier molecular flexibility index (Phi) is 6.79. The lowest BCUT2D eigenvalue weighted by atomic mass is 10.2. The Hall–Kier alpha value is -1.03. The fraction of sp³-hybridized carbons (Fsp3) is 0.727. The van der Waals surface area contributed by atoms with Crippen LogP contribution in [0, 0.1) is 0 Å². The number of nitrogens with one attached hydrogen (secondary N) is 2. The van der Waals surface area contributed by atoms with Gasteiger partial charge >= 0.3 is 6.09 Å². The Morgan fingerprint density at radius 3 is 2.60 bits per heavy atom. The molecular formula is C11H22N2O2. The number of alkyl carbamates (subject to hydrolysis) is 1. The van der Waals surface area contributed by atoms with E-state index >= 15 is 0 Å². The molecule has 0 aromatic heterocycles. The van der Waals surface area contributed by atoms with E-state index < -0.39 is 5.60 Å². The maximum atomic E-state index is 11.2. The maximum Gasteiger partial charge on any atom is 0.407 e. The molecule has 0 aliphatic rings. The molecule has 0 radical (unpaired) electrons. The van der Waals surface area contributed by atoms with Crippen molar-refractivity contribution in [2.75, 3.05) is 19.6 Å². The SMILES string of the molecule is C=CCNCCCNC(=O)OC(C)(C)C. The average Bonchev–Trinajstić information content (AvgIpc) is 2.08. The first-order valence-corrected chi connectivity index (χ1v) is 5.24. The molecule has 2 N–H and O–H groups in total. The molecule has 0 spiro atoms. The van der Waals surface area contributed by atoms with E-state index in [9.17, 15) is 4.79 Å². The molecule has 0 atom stereocenters. The summed E-state index contributed by atoms with van der Waals surface area (Å²) in [5.74, 6) is 0. The molecule has 0 aromatic rings. The number of carbonyl (C=O) groups is 1. The van der Waals surface area contributed by atoms with Crippen LogP contribution in [0.1, 0.15) is 27.2 Å². The van der Waals surface area contributed by atoms with E-state index in [0.717, 1.165) is 19.5 Å². The molecule has 0 fully saturated rings. The van der Waals surface area contributed by atoms with Gasteiger partial charge in [0.2, 0.25) is 0 Å². The Bertz CT molecular complexity index is 197. The zero-order chi connectivity index (χ0) is 11.7. The molecule has 15 heavy (non-hydrogen) atoms. The van der Waals surface area contributed by atoms with Crippen molar-refractivity contribution in [3.8, 4) is 0 Å². The van der Waals surface area contributed by atoms with Gasteiger partial charge in [-0.2, -0.15) is 0 Å². The second-order valence-electron chi connectivity index (χ2n) is 4.28. The highest BCUT2D eigenvalue weighted by Gasteiger charge is 2.15. The lowest BCUT2D eigenvalue weighted by molar-refractivity contribution is 0.0527. The molecule has 0 aliphatic heterocycles. The van der Waals surface area contributed by atoms with Crippen LogP contribution < -0.4 is 10.6 Å². The van der Waals surface area contributed by atoms with Crippen molar-refractivity contribution in [1.29, 1.82) is 0 Å². The summed E-state index contributed by atoms with van der Waals surface area (Å²) >= 11 is 0. The summed E-state index contributed by atoms with van der Waals surface area (Å²) in [6, 6.07) is 0. The number of hydrogen-bond donors (Lipinski definition) is 2. The molecule has 4 nitrogen and oxygen atoms in total. The van der Waals surface area contributed by atoms with Gasteiger partial charge in [0.15, 0.2) is 0 Å². The van der Waals surface area contributed by atoms with E-state index in [4.69, 9.17) is 4.74 Å². The summed E-state index contributed by atoms with van der Waals surface area (Å²) in [5, 5.41) is 5.84. The standard InChI is InChI=1S/C11H22N2O2/c1-5-7-12-8-6-9-13-10(14)15-11(2,3)4/h5,12H,1,6-9H2,2-4H3,(H,13,14). The Morgan fingerprint density at radius 1 is 1.40 bits per heavy atom. The fourth-order valence-electron chi connectivity index (χ4n) is 0.922. The van der Waals surface area contributed by atoms with Gasteiger partial charge in [0.25, 0.3) is 0 Å². The minimum Gasteiger partial charge on any atom is -0.444 e. The maximum absolute atomic E-state index is 11.2. The Balaban J connectivity index is 3.36. The van der Waals surface area contributed by atoms with Crippen LogP contribution in [0.2, 0.25) is 0 Å². The number of carbonyl (C=O) groups excluding carboxylic acids is 1. The average molecular weight is 214 g/mol. The zero-order valence-corrected chi connectivity index (χ0v) is 9.93. The van der Waals surface area contributed by atoms with Crippen molar-refractivity contribution >= 4 is 6.09 Å². The third kappa shape index (κ3) is 10.9. The van der Waals surface area contributed by atoms with Gasteiger partial charge in [-0.05, 0) is 33.7 Å². The monoisotopic (exact) mass is 214 g/mol. The van der Waals surface area contributed by atoms with Crippen molar-refractivity contribution in [3.05, 3.63) is 12.7 Å². The Labute approximate surface area is 92.1 Å². The van der Waals surface area contributed by atoms with Crippen LogP contribution in [0.3, 0.4) is 0 Å². The number of hydrogen-bond acceptors (Lipinski definition) is 3. The first-order chi connectivity index (χ1) is 6.95. The van der Waals surface area contributed by atoms with E-state index in [1.54, 1.807) is 6.08 Å². The third-order valence-corrected chi connectivity index (χ3v) is 1.49. The molecule has 88 valence electrons. The van der Waals surface area contributed by atoms with Gasteiger partial charge in [0.1, 0.15) is 5.60 Å². The molecular weight excluding hydrogens is 192 g/mol. The highest BCUT2D eigenvalue weighted by Crippen LogP contribution is 2.06. The summed E-state index contributed by atoms with van der Waals surface area (Å²) in [6.45, 7) is 11.4. The van der Waals surface area contributed by atoms with Gasteiger partial charge in [0.05, 0.1) is 0 Å². The van der Waals surface area contributed by atoms with Gasteiger partial charge in [-0.3, -0.25) is 0 Å².